The molecular formula is C19H36N6O7. The van der Waals surface area contributed by atoms with Crippen molar-refractivity contribution in [2.75, 3.05) is 6.54 Å². The Morgan fingerprint density at radius 2 is 1.44 bits per heavy atom. The number of hydrogen-bond acceptors (Lipinski definition) is 8. The number of carboxylic acid groups (broad SMARTS) is 1. The van der Waals surface area contributed by atoms with Crippen LogP contribution in [0.4, 0.5) is 0 Å². The summed E-state index contributed by atoms with van der Waals surface area (Å²) in [5, 5.41) is 25.8. The van der Waals surface area contributed by atoms with Crippen LogP contribution in [0.2, 0.25) is 0 Å². The Kier molecular flexibility index (Phi) is 13.1. The molecule has 11 N–H and O–H groups in total. The van der Waals surface area contributed by atoms with Gasteiger partial charge in [0.2, 0.25) is 23.6 Å². The van der Waals surface area contributed by atoms with Gasteiger partial charge in [0.05, 0.1) is 12.5 Å². The van der Waals surface area contributed by atoms with Gasteiger partial charge in [-0.2, -0.15) is 0 Å². The molecule has 0 rings (SSSR count). The lowest BCUT2D eigenvalue weighted by atomic mass is 10.0. The molecule has 0 radical (unpaired) electrons. The molecule has 0 aliphatic rings. The molecule has 0 heterocycles. The number of rotatable bonds is 15. The minimum Gasteiger partial charge on any atom is -0.480 e. The highest BCUT2D eigenvalue weighted by Crippen LogP contribution is 2.06. The predicted octanol–water partition coefficient (Wildman–Crippen LogP) is -3.11. The van der Waals surface area contributed by atoms with Crippen molar-refractivity contribution in [1.29, 1.82) is 0 Å². The third kappa shape index (κ3) is 10.5. The van der Waals surface area contributed by atoms with E-state index >= 15 is 0 Å². The van der Waals surface area contributed by atoms with Crippen LogP contribution in [0.5, 0.6) is 0 Å². The monoisotopic (exact) mass is 460 g/mol. The largest absolute Gasteiger partial charge is 0.480 e. The minimum absolute atomic E-state index is 0.109. The maximum atomic E-state index is 12.7. The summed E-state index contributed by atoms with van der Waals surface area (Å²) in [6.07, 6.45) is -0.626. The summed E-state index contributed by atoms with van der Waals surface area (Å²) in [6.45, 7) is 4.93. The molecule has 0 aromatic rings. The molecule has 0 saturated heterocycles. The highest BCUT2D eigenvalue weighted by Gasteiger charge is 2.32. The van der Waals surface area contributed by atoms with Crippen molar-refractivity contribution in [3.8, 4) is 0 Å². The average Bonchev–Trinajstić information content (AvgIpc) is 2.68. The molecule has 13 nitrogen and oxygen atoms in total. The van der Waals surface area contributed by atoms with Gasteiger partial charge in [-0.25, -0.2) is 4.79 Å². The van der Waals surface area contributed by atoms with E-state index in [1.54, 1.807) is 13.8 Å². The van der Waals surface area contributed by atoms with Crippen molar-refractivity contribution < 1.29 is 34.2 Å². The number of carbonyl (C=O) groups excluding carboxylic acids is 4. The number of aliphatic hydroxyl groups excluding tert-OH is 1. The number of aliphatic hydroxyl groups is 1. The smallest absolute Gasteiger partial charge is 0.326 e. The zero-order chi connectivity index (χ0) is 25.0. The number of aliphatic carboxylic acids is 1. The van der Waals surface area contributed by atoms with Gasteiger partial charge < -0.3 is 43.4 Å². The summed E-state index contributed by atoms with van der Waals surface area (Å²) >= 11 is 0. The Hall–Kier alpha value is -2.77. The molecule has 4 amide bonds. The number of hydrogen-bond donors (Lipinski definition) is 8. The van der Waals surface area contributed by atoms with E-state index in [4.69, 9.17) is 17.2 Å². The molecule has 0 aromatic heterocycles. The van der Waals surface area contributed by atoms with Crippen molar-refractivity contribution in [3.63, 3.8) is 0 Å². The summed E-state index contributed by atoms with van der Waals surface area (Å²) < 4.78 is 0. The standard InChI is InChI=1S/C19H36N6O7/c1-9(2)15(25-17(29)14(22)10(3)26)18(30)24-12(8-13(21)27)16(28)23-11(19(31)32)6-4-5-7-20/h9-12,14-15,26H,4-8,20,22H2,1-3H3,(H2,21,27)(H,23,28)(H,24,30)(H,25,29)(H,31,32). The van der Waals surface area contributed by atoms with Crippen LogP contribution in [-0.4, -0.2) is 76.6 Å². The van der Waals surface area contributed by atoms with Gasteiger partial charge in [-0.3, -0.25) is 19.2 Å². The number of unbranched alkanes of at least 4 members (excludes halogenated alkanes) is 1. The molecule has 0 saturated carbocycles. The van der Waals surface area contributed by atoms with E-state index in [2.05, 4.69) is 16.0 Å². The highest BCUT2D eigenvalue weighted by atomic mass is 16.4. The van der Waals surface area contributed by atoms with E-state index in [9.17, 15) is 34.2 Å². The van der Waals surface area contributed by atoms with Gasteiger partial charge in [0.1, 0.15) is 24.2 Å². The fraction of sp³-hybridized carbons (Fsp3) is 0.737. The zero-order valence-corrected chi connectivity index (χ0v) is 18.7. The molecule has 32 heavy (non-hydrogen) atoms. The zero-order valence-electron chi connectivity index (χ0n) is 18.7. The summed E-state index contributed by atoms with van der Waals surface area (Å²) in [6, 6.07) is -5.13. The lowest BCUT2D eigenvalue weighted by Crippen LogP contribution is -2.59. The number of carboxylic acids is 1. The summed E-state index contributed by atoms with van der Waals surface area (Å²) in [7, 11) is 0. The van der Waals surface area contributed by atoms with Crippen molar-refractivity contribution in [2.24, 2.45) is 23.1 Å². The number of nitrogens with two attached hydrogens (primary N) is 3. The first-order valence-electron chi connectivity index (χ1n) is 10.4. The van der Waals surface area contributed by atoms with Gasteiger partial charge in [0.15, 0.2) is 0 Å². The first-order chi connectivity index (χ1) is 14.8. The Morgan fingerprint density at radius 1 is 0.875 bits per heavy atom. The van der Waals surface area contributed by atoms with Crippen molar-refractivity contribution >= 4 is 29.6 Å². The third-order valence-corrected chi connectivity index (χ3v) is 4.67. The number of amides is 4. The van der Waals surface area contributed by atoms with Crippen LogP contribution < -0.4 is 33.2 Å². The van der Waals surface area contributed by atoms with Gasteiger partial charge in [-0.05, 0) is 38.6 Å². The quantitative estimate of drug-likeness (QED) is 0.115. The topological polar surface area (TPSA) is 240 Å². The fourth-order valence-electron chi connectivity index (χ4n) is 2.70. The molecule has 13 heteroatoms. The molecular weight excluding hydrogens is 424 g/mol. The second-order valence-corrected chi connectivity index (χ2v) is 7.91. The first-order valence-corrected chi connectivity index (χ1v) is 10.4. The first kappa shape index (κ1) is 29.2. The van der Waals surface area contributed by atoms with Crippen LogP contribution in [-0.2, 0) is 24.0 Å². The molecule has 5 unspecified atom stereocenters. The van der Waals surface area contributed by atoms with Crippen LogP contribution in [0.1, 0.15) is 46.5 Å². The summed E-state index contributed by atoms with van der Waals surface area (Å²) in [4.78, 5) is 60.4. The lowest BCUT2D eigenvalue weighted by molar-refractivity contribution is -0.142. The van der Waals surface area contributed by atoms with E-state index in [1.807, 2.05) is 0 Å². The SMILES string of the molecule is CC(C)C(NC(=O)C(N)C(C)O)C(=O)NC(CC(N)=O)C(=O)NC(CCCCN)C(=O)O. The van der Waals surface area contributed by atoms with Crippen LogP contribution >= 0.6 is 0 Å². The normalized spacial score (nSPS) is 15.7. The second kappa shape index (κ2) is 14.3. The molecule has 0 fully saturated rings. The van der Waals surface area contributed by atoms with Gasteiger partial charge >= 0.3 is 5.97 Å². The van der Waals surface area contributed by atoms with E-state index in [0.717, 1.165) is 0 Å². The van der Waals surface area contributed by atoms with Crippen LogP contribution in [0, 0.1) is 5.92 Å². The van der Waals surface area contributed by atoms with E-state index < -0.39 is 72.2 Å². The van der Waals surface area contributed by atoms with Crippen LogP contribution in [0.25, 0.3) is 0 Å². The summed E-state index contributed by atoms with van der Waals surface area (Å²) in [5.41, 5.74) is 16.1. The fourth-order valence-corrected chi connectivity index (χ4v) is 2.70. The van der Waals surface area contributed by atoms with Crippen molar-refractivity contribution in [1.82, 2.24) is 16.0 Å². The van der Waals surface area contributed by atoms with Gasteiger partial charge in [-0.1, -0.05) is 13.8 Å². The Balaban J connectivity index is 5.41. The Bertz CT molecular complexity index is 671. The minimum atomic E-state index is -1.46. The lowest BCUT2D eigenvalue weighted by Gasteiger charge is -2.27. The molecule has 5 atom stereocenters. The van der Waals surface area contributed by atoms with Crippen LogP contribution in [0.15, 0.2) is 0 Å². The highest BCUT2D eigenvalue weighted by molar-refractivity contribution is 5.96. The Labute approximate surface area is 186 Å². The number of nitrogens with one attached hydrogen (secondary N) is 3. The van der Waals surface area contributed by atoms with Crippen molar-refractivity contribution in [2.45, 2.75) is 76.7 Å². The maximum Gasteiger partial charge on any atom is 0.326 e. The van der Waals surface area contributed by atoms with E-state index in [0.29, 0.717) is 19.4 Å². The maximum absolute atomic E-state index is 12.7. The molecule has 0 spiro atoms. The summed E-state index contributed by atoms with van der Waals surface area (Å²) in [5.74, 6) is -5.12. The third-order valence-electron chi connectivity index (χ3n) is 4.67. The molecule has 0 bridgehead atoms. The van der Waals surface area contributed by atoms with Crippen molar-refractivity contribution in [3.05, 3.63) is 0 Å². The number of carbonyl (C=O) groups is 5. The molecule has 0 aliphatic heterocycles. The van der Waals surface area contributed by atoms with Gasteiger partial charge in [-0.15, -0.1) is 0 Å². The second-order valence-electron chi connectivity index (χ2n) is 7.91. The molecule has 0 aromatic carbocycles. The van der Waals surface area contributed by atoms with E-state index in [-0.39, 0.29) is 6.42 Å². The van der Waals surface area contributed by atoms with Gasteiger partial charge in [0.25, 0.3) is 0 Å². The Morgan fingerprint density at radius 3 is 1.88 bits per heavy atom. The van der Waals surface area contributed by atoms with E-state index in [1.165, 1.54) is 6.92 Å². The molecule has 0 aliphatic carbocycles. The van der Waals surface area contributed by atoms with Crippen LogP contribution in [0.3, 0.4) is 0 Å². The van der Waals surface area contributed by atoms with Gasteiger partial charge in [0, 0.05) is 0 Å². The predicted molar refractivity (Wildman–Crippen MR) is 115 cm³/mol. The number of primary amides is 1. The average molecular weight is 461 g/mol. The molecule has 184 valence electrons.